The van der Waals surface area contributed by atoms with Gasteiger partial charge >= 0.3 is 5.97 Å². The maximum absolute atomic E-state index is 11.1. The Morgan fingerprint density at radius 3 is 1.82 bits per heavy atom. The highest BCUT2D eigenvalue weighted by atomic mass is 79.9. The van der Waals surface area contributed by atoms with Gasteiger partial charge in [0.25, 0.3) is 0 Å². The van der Waals surface area contributed by atoms with E-state index in [1.165, 1.54) is 51.4 Å². The molecule has 0 bridgehead atoms. The second-order valence-corrected chi connectivity index (χ2v) is 5.22. The van der Waals surface area contributed by atoms with Crippen molar-refractivity contribution in [3.8, 4) is 0 Å². The second-order valence-electron chi connectivity index (χ2n) is 4.43. The molecule has 0 rings (SSSR count). The highest BCUT2D eigenvalue weighted by molar-refractivity contribution is 9.09. The lowest BCUT2D eigenvalue weighted by Gasteiger charge is -2.02. The van der Waals surface area contributed by atoms with E-state index in [-0.39, 0.29) is 5.97 Å². The molecule has 0 aliphatic carbocycles. The number of carbonyl (C=O) groups is 1. The van der Waals surface area contributed by atoms with Gasteiger partial charge in [-0.2, -0.15) is 0 Å². The van der Waals surface area contributed by atoms with Crippen molar-refractivity contribution in [3.63, 3.8) is 0 Å². The topological polar surface area (TPSA) is 26.3 Å². The lowest BCUT2D eigenvalue weighted by molar-refractivity contribution is -0.143. The van der Waals surface area contributed by atoms with Gasteiger partial charge in [-0.25, -0.2) is 0 Å². The van der Waals surface area contributed by atoms with Crippen LogP contribution in [0.25, 0.3) is 0 Å². The molecule has 0 aromatic carbocycles. The monoisotopic (exact) mass is 306 g/mol. The maximum atomic E-state index is 11.1. The molecule has 0 heterocycles. The van der Waals surface area contributed by atoms with Gasteiger partial charge in [0.15, 0.2) is 0 Å². The Morgan fingerprint density at radius 1 is 0.882 bits per heavy atom. The van der Waals surface area contributed by atoms with Gasteiger partial charge in [-0.05, 0) is 19.8 Å². The van der Waals surface area contributed by atoms with Gasteiger partial charge in [0.1, 0.15) is 0 Å². The van der Waals surface area contributed by atoms with Crippen LogP contribution in [0.4, 0.5) is 0 Å². The number of hydrogen-bond donors (Lipinski definition) is 0. The number of ether oxygens (including phenoxy) is 1. The fourth-order valence-corrected chi connectivity index (χ4v) is 2.23. The van der Waals surface area contributed by atoms with Gasteiger partial charge in [0.2, 0.25) is 0 Å². The van der Waals surface area contributed by atoms with Crippen LogP contribution in [-0.4, -0.2) is 17.9 Å². The summed E-state index contributed by atoms with van der Waals surface area (Å²) >= 11 is 3.45. The molecule has 0 unspecified atom stereocenters. The zero-order chi connectivity index (χ0) is 12.8. The fourth-order valence-electron chi connectivity index (χ4n) is 1.83. The zero-order valence-electron chi connectivity index (χ0n) is 11.2. The molecule has 0 radical (unpaired) electrons. The van der Waals surface area contributed by atoms with Gasteiger partial charge in [0.05, 0.1) is 6.61 Å². The normalized spacial score (nSPS) is 10.5. The Hall–Kier alpha value is -0.0500. The van der Waals surface area contributed by atoms with Gasteiger partial charge in [-0.15, -0.1) is 0 Å². The van der Waals surface area contributed by atoms with Gasteiger partial charge in [-0.1, -0.05) is 60.9 Å². The molecule has 0 saturated carbocycles. The van der Waals surface area contributed by atoms with Crippen LogP contribution in [0.3, 0.4) is 0 Å². The number of esters is 1. The molecule has 17 heavy (non-hydrogen) atoms. The highest BCUT2D eigenvalue weighted by Gasteiger charge is 2.00. The van der Waals surface area contributed by atoms with E-state index in [9.17, 15) is 4.79 Å². The molecular weight excluding hydrogens is 280 g/mol. The summed E-state index contributed by atoms with van der Waals surface area (Å²) in [5.74, 6) is -0.0396. The van der Waals surface area contributed by atoms with E-state index in [2.05, 4.69) is 15.9 Å². The Labute approximate surface area is 115 Å². The number of rotatable bonds is 12. The Kier molecular flexibility index (Phi) is 14.0. The molecular formula is C14H27BrO2. The van der Waals surface area contributed by atoms with Crippen LogP contribution in [-0.2, 0) is 9.53 Å². The summed E-state index contributed by atoms with van der Waals surface area (Å²) in [6.45, 7) is 2.36. The minimum Gasteiger partial charge on any atom is -0.466 e. The molecule has 0 aliphatic heterocycles. The van der Waals surface area contributed by atoms with Gasteiger partial charge in [0, 0.05) is 11.8 Å². The van der Waals surface area contributed by atoms with E-state index in [4.69, 9.17) is 4.74 Å². The number of unbranched alkanes of at least 4 members (excludes halogenated alkanes) is 8. The molecule has 0 aromatic rings. The Morgan fingerprint density at radius 2 is 1.35 bits per heavy atom. The third kappa shape index (κ3) is 13.9. The summed E-state index contributed by atoms with van der Waals surface area (Å²) in [5.41, 5.74) is 0. The molecule has 0 fully saturated rings. The largest absolute Gasteiger partial charge is 0.466 e. The first-order valence-corrected chi connectivity index (χ1v) is 8.15. The zero-order valence-corrected chi connectivity index (χ0v) is 12.8. The predicted octanol–water partition coefficient (Wildman–Crippen LogP) is 4.85. The molecule has 0 aliphatic rings. The molecule has 3 heteroatoms. The van der Waals surface area contributed by atoms with Crippen LogP contribution in [0.2, 0.25) is 0 Å². The van der Waals surface area contributed by atoms with Crippen LogP contribution >= 0.6 is 15.9 Å². The molecule has 0 N–H and O–H groups in total. The van der Waals surface area contributed by atoms with Gasteiger partial charge in [-0.3, -0.25) is 4.79 Å². The van der Waals surface area contributed by atoms with Crippen molar-refractivity contribution in [1.82, 2.24) is 0 Å². The fraction of sp³-hybridized carbons (Fsp3) is 0.929. The summed E-state index contributed by atoms with van der Waals surface area (Å²) in [7, 11) is 0. The van der Waals surface area contributed by atoms with E-state index in [0.717, 1.165) is 11.8 Å². The standard InChI is InChI=1S/C14H27BrO2/c1-2-17-14(16)12-10-8-6-4-3-5-7-9-11-13-15/h2-13H2,1H3. The second kappa shape index (κ2) is 14.0. The lowest BCUT2D eigenvalue weighted by Crippen LogP contribution is -2.03. The smallest absolute Gasteiger partial charge is 0.305 e. The van der Waals surface area contributed by atoms with Crippen LogP contribution < -0.4 is 0 Å². The van der Waals surface area contributed by atoms with Crippen LogP contribution in [0.1, 0.15) is 71.1 Å². The summed E-state index contributed by atoms with van der Waals surface area (Å²) in [6, 6.07) is 0. The number of halogens is 1. The van der Waals surface area contributed by atoms with E-state index < -0.39 is 0 Å². The van der Waals surface area contributed by atoms with Crippen LogP contribution in [0.15, 0.2) is 0 Å². The average Bonchev–Trinajstić information content (AvgIpc) is 2.32. The summed E-state index contributed by atoms with van der Waals surface area (Å²) in [5, 5.41) is 1.14. The Bertz CT molecular complexity index is 172. The van der Waals surface area contributed by atoms with Crippen molar-refractivity contribution in [2.75, 3.05) is 11.9 Å². The van der Waals surface area contributed by atoms with Crippen molar-refractivity contribution in [2.24, 2.45) is 0 Å². The first kappa shape index (κ1) is 16.9. The molecule has 0 aromatic heterocycles. The van der Waals surface area contributed by atoms with E-state index in [1.807, 2.05) is 6.92 Å². The lowest BCUT2D eigenvalue weighted by atomic mass is 10.1. The molecule has 0 spiro atoms. The van der Waals surface area contributed by atoms with Crippen LogP contribution in [0.5, 0.6) is 0 Å². The number of carbonyl (C=O) groups excluding carboxylic acids is 1. The summed E-state index contributed by atoms with van der Waals surface area (Å²) in [4.78, 5) is 11.1. The molecule has 0 saturated heterocycles. The molecule has 0 amide bonds. The van der Waals surface area contributed by atoms with Crippen molar-refractivity contribution >= 4 is 21.9 Å². The minimum absolute atomic E-state index is 0.0396. The molecule has 102 valence electrons. The predicted molar refractivity (Wildman–Crippen MR) is 76.6 cm³/mol. The van der Waals surface area contributed by atoms with Crippen molar-refractivity contribution in [2.45, 2.75) is 71.1 Å². The summed E-state index contributed by atoms with van der Waals surface area (Å²) in [6.07, 6.45) is 12.1. The van der Waals surface area contributed by atoms with Crippen LogP contribution in [0, 0.1) is 0 Å². The maximum Gasteiger partial charge on any atom is 0.305 e. The summed E-state index contributed by atoms with van der Waals surface area (Å²) < 4.78 is 4.88. The third-order valence-electron chi connectivity index (χ3n) is 2.82. The highest BCUT2D eigenvalue weighted by Crippen LogP contribution is 2.11. The third-order valence-corrected chi connectivity index (χ3v) is 3.38. The van der Waals surface area contributed by atoms with Crippen molar-refractivity contribution in [3.05, 3.63) is 0 Å². The first-order valence-electron chi connectivity index (χ1n) is 7.02. The Balaban J connectivity index is 3.01. The van der Waals surface area contributed by atoms with E-state index in [1.54, 1.807) is 0 Å². The SMILES string of the molecule is CCOC(=O)CCCCCCCCCCCBr. The average molecular weight is 307 g/mol. The van der Waals surface area contributed by atoms with E-state index in [0.29, 0.717) is 13.0 Å². The van der Waals surface area contributed by atoms with E-state index >= 15 is 0 Å². The quantitative estimate of drug-likeness (QED) is 0.293. The first-order chi connectivity index (χ1) is 8.31. The number of hydrogen-bond acceptors (Lipinski definition) is 2. The van der Waals surface area contributed by atoms with Gasteiger partial charge < -0.3 is 4.74 Å². The number of alkyl halides is 1. The molecule has 0 atom stereocenters. The minimum atomic E-state index is -0.0396. The van der Waals surface area contributed by atoms with Crippen molar-refractivity contribution < 1.29 is 9.53 Å². The van der Waals surface area contributed by atoms with Crippen molar-refractivity contribution in [1.29, 1.82) is 0 Å². The molecule has 2 nitrogen and oxygen atoms in total.